The average molecular weight is 286 g/mol. The second-order valence-electron chi connectivity index (χ2n) is 4.88. The Hall–Kier alpha value is -0.980. The van der Waals surface area contributed by atoms with E-state index in [2.05, 4.69) is 5.32 Å². The zero-order chi connectivity index (χ0) is 14.0. The third-order valence-electron chi connectivity index (χ3n) is 3.64. The minimum atomic E-state index is -3.57. The smallest absolute Gasteiger partial charge is 0.243 e. The highest BCUT2D eigenvalue weighted by molar-refractivity contribution is 7.89. The van der Waals surface area contributed by atoms with E-state index in [9.17, 15) is 12.8 Å². The van der Waals surface area contributed by atoms with Gasteiger partial charge in [-0.1, -0.05) is 6.07 Å². The van der Waals surface area contributed by atoms with Crippen LogP contribution in [0.15, 0.2) is 23.1 Å². The van der Waals surface area contributed by atoms with Crippen LogP contribution in [0.2, 0.25) is 0 Å². The fourth-order valence-electron chi connectivity index (χ4n) is 2.27. The topological polar surface area (TPSA) is 49.4 Å². The standard InChI is InChI=1S/C13H19FN2O2S/c1-10-3-4-12(9-13(10)14)19(17,18)16-7-5-11(15-2)6-8-16/h3-4,9,11,15H,5-8H2,1-2H3. The molecule has 1 saturated heterocycles. The number of benzene rings is 1. The first-order valence-electron chi connectivity index (χ1n) is 6.38. The van der Waals surface area contributed by atoms with Crippen LogP contribution in [0.5, 0.6) is 0 Å². The average Bonchev–Trinajstić information content (AvgIpc) is 2.41. The highest BCUT2D eigenvalue weighted by Gasteiger charge is 2.29. The Morgan fingerprint density at radius 2 is 1.95 bits per heavy atom. The van der Waals surface area contributed by atoms with Crippen LogP contribution >= 0.6 is 0 Å². The van der Waals surface area contributed by atoms with Crippen molar-refractivity contribution < 1.29 is 12.8 Å². The minimum Gasteiger partial charge on any atom is -0.317 e. The lowest BCUT2D eigenvalue weighted by molar-refractivity contribution is 0.298. The highest BCUT2D eigenvalue weighted by atomic mass is 32.2. The van der Waals surface area contributed by atoms with Gasteiger partial charge in [0.2, 0.25) is 10.0 Å². The van der Waals surface area contributed by atoms with Crippen molar-refractivity contribution in [2.24, 2.45) is 0 Å². The predicted octanol–water partition coefficient (Wildman–Crippen LogP) is 1.51. The van der Waals surface area contributed by atoms with Crippen molar-refractivity contribution in [2.45, 2.75) is 30.7 Å². The van der Waals surface area contributed by atoms with Gasteiger partial charge in [-0.2, -0.15) is 4.31 Å². The van der Waals surface area contributed by atoms with Crippen molar-refractivity contribution >= 4 is 10.0 Å². The molecule has 0 bridgehead atoms. The van der Waals surface area contributed by atoms with Crippen molar-refractivity contribution in [3.63, 3.8) is 0 Å². The van der Waals surface area contributed by atoms with E-state index in [1.807, 2.05) is 7.05 Å². The molecular weight excluding hydrogens is 267 g/mol. The number of nitrogens with zero attached hydrogens (tertiary/aromatic N) is 1. The number of hydrogen-bond donors (Lipinski definition) is 1. The van der Waals surface area contributed by atoms with Crippen molar-refractivity contribution in [1.29, 1.82) is 0 Å². The van der Waals surface area contributed by atoms with E-state index >= 15 is 0 Å². The van der Waals surface area contributed by atoms with Crippen LogP contribution in [-0.2, 0) is 10.0 Å². The molecule has 0 aromatic heterocycles. The molecule has 6 heteroatoms. The quantitative estimate of drug-likeness (QED) is 0.916. The molecule has 106 valence electrons. The molecule has 0 atom stereocenters. The van der Waals surface area contributed by atoms with Crippen LogP contribution in [-0.4, -0.2) is 38.9 Å². The third kappa shape index (κ3) is 2.96. The van der Waals surface area contributed by atoms with E-state index in [4.69, 9.17) is 0 Å². The van der Waals surface area contributed by atoms with Crippen LogP contribution in [0.25, 0.3) is 0 Å². The molecule has 1 aromatic carbocycles. The maximum atomic E-state index is 13.5. The summed E-state index contributed by atoms with van der Waals surface area (Å²) in [5.74, 6) is -0.480. The SMILES string of the molecule is CNC1CCN(S(=O)(=O)c2ccc(C)c(F)c2)CC1. The summed E-state index contributed by atoms with van der Waals surface area (Å²) in [7, 11) is -1.69. The summed E-state index contributed by atoms with van der Waals surface area (Å²) in [5.41, 5.74) is 0.452. The van der Waals surface area contributed by atoms with E-state index in [0.29, 0.717) is 24.7 Å². The number of aryl methyl sites for hydroxylation is 1. The van der Waals surface area contributed by atoms with Crippen molar-refractivity contribution in [2.75, 3.05) is 20.1 Å². The minimum absolute atomic E-state index is 0.0403. The van der Waals surface area contributed by atoms with E-state index in [1.54, 1.807) is 6.92 Å². The van der Waals surface area contributed by atoms with Gasteiger partial charge in [-0.05, 0) is 44.5 Å². The fraction of sp³-hybridized carbons (Fsp3) is 0.538. The van der Waals surface area contributed by atoms with Gasteiger partial charge in [0.05, 0.1) is 4.90 Å². The summed E-state index contributed by atoms with van der Waals surface area (Å²) in [5, 5.41) is 3.15. The van der Waals surface area contributed by atoms with Crippen LogP contribution in [0, 0.1) is 12.7 Å². The summed E-state index contributed by atoms with van der Waals surface area (Å²) in [6, 6.07) is 4.44. The number of sulfonamides is 1. The van der Waals surface area contributed by atoms with Gasteiger partial charge in [0.25, 0.3) is 0 Å². The van der Waals surface area contributed by atoms with Crippen LogP contribution in [0.4, 0.5) is 4.39 Å². The summed E-state index contributed by atoms with van der Waals surface area (Å²) in [4.78, 5) is 0.0403. The van der Waals surface area contributed by atoms with Gasteiger partial charge in [0, 0.05) is 19.1 Å². The van der Waals surface area contributed by atoms with E-state index in [1.165, 1.54) is 16.4 Å². The molecule has 2 rings (SSSR count). The van der Waals surface area contributed by atoms with Crippen LogP contribution in [0.3, 0.4) is 0 Å². The normalized spacial score (nSPS) is 18.7. The first-order chi connectivity index (χ1) is 8.95. The summed E-state index contributed by atoms with van der Waals surface area (Å²) >= 11 is 0. The predicted molar refractivity (Wildman–Crippen MR) is 72.0 cm³/mol. The Balaban J connectivity index is 2.21. The van der Waals surface area contributed by atoms with Gasteiger partial charge in [-0.25, -0.2) is 12.8 Å². The molecule has 1 N–H and O–H groups in total. The molecule has 1 aromatic rings. The number of nitrogens with one attached hydrogen (secondary N) is 1. The molecule has 1 fully saturated rings. The van der Waals surface area contributed by atoms with Gasteiger partial charge >= 0.3 is 0 Å². The molecule has 19 heavy (non-hydrogen) atoms. The van der Waals surface area contributed by atoms with Gasteiger partial charge in [-0.3, -0.25) is 0 Å². The van der Waals surface area contributed by atoms with Crippen molar-refractivity contribution in [3.8, 4) is 0 Å². The summed E-state index contributed by atoms with van der Waals surface area (Å²) in [6.07, 6.45) is 1.56. The Morgan fingerprint density at radius 3 is 2.47 bits per heavy atom. The monoisotopic (exact) mass is 286 g/mol. The zero-order valence-electron chi connectivity index (χ0n) is 11.2. The Morgan fingerprint density at radius 1 is 1.32 bits per heavy atom. The molecule has 0 saturated carbocycles. The molecule has 4 nitrogen and oxygen atoms in total. The Bertz CT molecular complexity index is 552. The van der Waals surface area contributed by atoms with Crippen LogP contribution < -0.4 is 5.32 Å². The molecular formula is C13H19FN2O2S. The van der Waals surface area contributed by atoms with Crippen molar-refractivity contribution in [1.82, 2.24) is 9.62 Å². The molecule has 0 radical (unpaired) electrons. The van der Waals surface area contributed by atoms with Gasteiger partial charge in [-0.15, -0.1) is 0 Å². The lowest BCUT2D eigenvalue weighted by atomic mass is 10.1. The molecule has 1 aliphatic rings. The summed E-state index contributed by atoms with van der Waals surface area (Å²) < 4.78 is 39.7. The Labute approximate surface area is 113 Å². The van der Waals surface area contributed by atoms with Gasteiger partial charge in [0.15, 0.2) is 0 Å². The van der Waals surface area contributed by atoms with Gasteiger partial charge in [0.1, 0.15) is 5.82 Å². The number of hydrogen-bond acceptors (Lipinski definition) is 3. The second-order valence-corrected chi connectivity index (χ2v) is 6.82. The first kappa shape index (κ1) is 14.4. The fourth-order valence-corrected chi connectivity index (χ4v) is 3.75. The Kier molecular flexibility index (Phi) is 4.23. The molecule has 1 heterocycles. The number of halogens is 1. The summed E-state index contributed by atoms with van der Waals surface area (Å²) in [6.45, 7) is 2.57. The maximum absolute atomic E-state index is 13.5. The van der Waals surface area contributed by atoms with Crippen molar-refractivity contribution in [3.05, 3.63) is 29.6 Å². The van der Waals surface area contributed by atoms with E-state index < -0.39 is 15.8 Å². The maximum Gasteiger partial charge on any atom is 0.243 e. The zero-order valence-corrected chi connectivity index (χ0v) is 12.0. The molecule has 0 aliphatic carbocycles. The van der Waals surface area contributed by atoms with E-state index in [-0.39, 0.29) is 4.90 Å². The lowest BCUT2D eigenvalue weighted by Crippen LogP contribution is -2.43. The second kappa shape index (κ2) is 5.56. The highest BCUT2D eigenvalue weighted by Crippen LogP contribution is 2.22. The molecule has 0 spiro atoms. The molecule has 0 unspecified atom stereocenters. The molecule has 1 aliphatic heterocycles. The molecule has 0 amide bonds. The van der Waals surface area contributed by atoms with Crippen LogP contribution in [0.1, 0.15) is 18.4 Å². The lowest BCUT2D eigenvalue weighted by Gasteiger charge is -2.31. The van der Waals surface area contributed by atoms with Gasteiger partial charge < -0.3 is 5.32 Å². The largest absolute Gasteiger partial charge is 0.317 e. The number of piperidine rings is 1. The third-order valence-corrected chi connectivity index (χ3v) is 5.54. The van der Waals surface area contributed by atoms with E-state index in [0.717, 1.165) is 18.9 Å². The first-order valence-corrected chi connectivity index (χ1v) is 7.82. The number of rotatable bonds is 3.